The Kier molecular flexibility index (Phi) is 5.20. The molecule has 1 aromatic heterocycles. The summed E-state index contributed by atoms with van der Waals surface area (Å²) in [6.45, 7) is 6.67. The molecule has 0 bridgehead atoms. The van der Waals surface area contributed by atoms with Crippen LogP contribution in [-0.2, 0) is 19.4 Å². The molecule has 4 rings (SSSR count). The lowest BCUT2D eigenvalue weighted by atomic mass is 10.0. The molecule has 0 saturated heterocycles. The average molecular weight is 380 g/mol. The van der Waals surface area contributed by atoms with Gasteiger partial charge in [0.05, 0.1) is 5.69 Å². The van der Waals surface area contributed by atoms with Crippen LogP contribution in [0.3, 0.4) is 0 Å². The van der Waals surface area contributed by atoms with Crippen molar-refractivity contribution in [2.75, 3.05) is 24.5 Å². The lowest BCUT2D eigenvalue weighted by molar-refractivity contribution is 0.0754. The molecular weight excluding hydrogens is 352 g/mol. The largest absolute Gasteiger partial charge is 0.337 e. The minimum absolute atomic E-state index is 0.0728. The molecule has 148 valence electrons. The predicted molar refractivity (Wildman–Crippen MR) is 109 cm³/mol. The zero-order valence-electron chi connectivity index (χ0n) is 16.8. The van der Waals surface area contributed by atoms with Crippen molar-refractivity contribution in [2.45, 2.75) is 52.5 Å². The fourth-order valence-electron chi connectivity index (χ4n) is 4.40. The maximum absolute atomic E-state index is 13.5. The van der Waals surface area contributed by atoms with E-state index in [0.717, 1.165) is 50.0 Å². The first kappa shape index (κ1) is 18.7. The molecule has 2 aromatic rings. The number of carbonyl (C=O) groups is 2. The van der Waals surface area contributed by atoms with Gasteiger partial charge in [0.2, 0.25) is 0 Å². The van der Waals surface area contributed by atoms with E-state index >= 15 is 0 Å². The standard InChI is InChI=1S/C22H28N4O2/c1-3-24(4-2)22(28)20-23-19(18-13-7-8-14-25(18)20)21(27)26-15-9-11-16-10-5-6-12-17(16)26/h5-6,10,12H,3-4,7-9,11,13-15H2,1-2H3. The fourth-order valence-corrected chi connectivity index (χ4v) is 4.40. The molecule has 28 heavy (non-hydrogen) atoms. The van der Waals surface area contributed by atoms with Crippen LogP contribution >= 0.6 is 0 Å². The number of fused-ring (bicyclic) bond motifs is 2. The number of anilines is 1. The van der Waals surface area contributed by atoms with E-state index in [9.17, 15) is 9.59 Å². The number of carbonyl (C=O) groups excluding carboxylic acids is 2. The van der Waals surface area contributed by atoms with Crippen molar-refractivity contribution >= 4 is 17.5 Å². The third-order valence-electron chi connectivity index (χ3n) is 5.92. The highest BCUT2D eigenvalue weighted by atomic mass is 16.2. The minimum atomic E-state index is -0.0776. The van der Waals surface area contributed by atoms with Gasteiger partial charge < -0.3 is 14.4 Å². The van der Waals surface area contributed by atoms with Crippen molar-refractivity contribution in [3.63, 3.8) is 0 Å². The number of benzene rings is 1. The summed E-state index contributed by atoms with van der Waals surface area (Å²) < 4.78 is 1.99. The minimum Gasteiger partial charge on any atom is -0.337 e. The molecule has 0 atom stereocenters. The molecular formula is C22H28N4O2. The summed E-state index contributed by atoms with van der Waals surface area (Å²) >= 11 is 0. The highest BCUT2D eigenvalue weighted by Crippen LogP contribution is 2.30. The molecule has 0 radical (unpaired) electrons. The number of amides is 2. The Morgan fingerprint density at radius 2 is 1.82 bits per heavy atom. The van der Waals surface area contributed by atoms with Crippen LogP contribution in [0, 0.1) is 0 Å². The molecule has 0 fully saturated rings. The Labute approximate surface area is 166 Å². The lowest BCUT2D eigenvalue weighted by Gasteiger charge is -2.29. The lowest BCUT2D eigenvalue weighted by Crippen LogP contribution is -2.36. The van der Waals surface area contributed by atoms with Crippen LogP contribution in [0.1, 0.15) is 65.5 Å². The molecule has 0 aliphatic carbocycles. The summed E-state index contributed by atoms with van der Waals surface area (Å²) in [6.07, 6.45) is 4.79. The summed E-state index contributed by atoms with van der Waals surface area (Å²) in [6, 6.07) is 8.10. The van der Waals surface area contributed by atoms with E-state index in [1.807, 2.05) is 41.5 Å². The second kappa shape index (κ2) is 7.78. The number of hydrogen-bond acceptors (Lipinski definition) is 3. The maximum atomic E-state index is 13.5. The van der Waals surface area contributed by atoms with Crippen LogP contribution in [0.25, 0.3) is 0 Å². The molecule has 6 nitrogen and oxygen atoms in total. The second-order valence-corrected chi connectivity index (χ2v) is 7.51. The van der Waals surface area contributed by atoms with E-state index in [4.69, 9.17) is 0 Å². The van der Waals surface area contributed by atoms with E-state index < -0.39 is 0 Å². The van der Waals surface area contributed by atoms with Crippen LogP contribution < -0.4 is 4.90 Å². The van der Waals surface area contributed by atoms with Gasteiger partial charge in [-0.25, -0.2) is 4.98 Å². The van der Waals surface area contributed by atoms with Crippen molar-refractivity contribution in [3.8, 4) is 0 Å². The first-order valence-electron chi connectivity index (χ1n) is 10.4. The normalized spacial score (nSPS) is 15.7. The van der Waals surface area contributed by atoms with E-state index in [-0.39, 0.29) is 11.8 Å². The fraction of sp³-hybridized carbons (Fsp3) is 0.500. The topological polar surface area (TPSA) is 58.4 Å². The quantitative estimate of drug-likeness (QED) is 0.818. The van der Waals surface area contributed by atoms with Crippen molar-refractivity contribution in [2.24, 2.45) is 0 Å². The van der Waals surface area contributed by atoms with Crippen molar-refractivity contribution in [1.29, 1.82) is 0 Å². The van der Waals surface area contributed by atoms with Gasteiger partial charge in [0.1, 0.15) is 0 Å². The SMILES string of the molecule is CCN(CC)C(=O)c1nc(C(=O)N2CCCc3ccccc32)c2n1CCCC2. The molecule has 0 spiro atoms. The van der Waals surface area contributed by atoms with Gasteiger partial charge in [0.25, 0.3) is 11.8 Å². The zero-order chi connectivity index (χ0) is 19.7. The molecule has 0 N–H and O–H groups in total. The third kappa shape index (κ3) is 3.11. The van der Waals surface area contributed by atoms with E-state index in [2.05, 4.69) is 11.1 Å². The van der Waals surface area contributed by atoms with Gasteiger partial charge in [0.15, 0.2) is 11.5 Å². The van der Waals surface area contributed by atoms with Gasteiger partial charge in [-0.15, -0.1) is 0 Å². The second-order valence-electron chi connectivity index (χ2n) is 7.51. The van der Waals surface area contributed by atoms with Crippen LogP contribution in [0.15, 0.2) is 24.3 Å². The van der Waals surface area contributed by atoms with Crippen LogP contribution in [0.5, 0.6) is 0 Å². The number of hydrogen-bond donors (Lipinski definition) is 0. The molecule has 3 heterocycles. The molecule has 2 aliphatic rings. The summed E-state index contributed by atoms with van der Waals surface area (Å²) in [5.74, 6) is 0.273. The van der Waals surface area contributed by atoms with Crippen molar-refractivity contribution in [3.05, 3.63) is 47.0 Å². The average Bonchev–Trinajstić information content (AvgIpc) is 3.13. The first-order chi connectivity index (χ1) is 13.7. The third-order valence-corrected chi connectivity index (χ3v) is 5.92. The predicted octanol–water partition coefficient (Wildman–Crippen LogP) is 3.29. The molecule has 1 aromatic carbocycles. The number of imidazole rings is 1. The van der Waals surface area contributed by atoms with Gasteiger partial charge in [0, 0.05) is 31.9 Å². The molecule has 2 aliphatic heterocycles. The Morgan fingerprint density at radius 1 is 1.04 bits per heavy atom. The number of nitrogens with zero attached hydrogens (tertiary/aromatic N) is 4. The monoisotopic (exact) mass is 380 g/mol. The van der Waals surface area contributed by atoms with Crippen molar-refractivity contribution < 1.29 is 9.59 Å². The highest BCUT2D eigenvalue weighted by molar-refractivity contribution is 6.07. The van der Waals surface area contributed by atoms with Gasteiger partial charge in [-0.05, 0) is 57.6 Å². The van der Waals surface area contributed by atoms with Crippen LogP contribution in [0.4, 0.5) is 5.69 Å². The summed E-state index contributed by atoms with van der Waals surface area (Å²) in [5, 5.41) is 0. The molecule has 0 saturated carbocycles. The Balaban J connectivity index is 1.74. The number of aryl methyl sites for hydroxylation is 1. The Hall–Kier alpha value is -2.63. The summed E-state index contributed by atoms with van der Waals surface area (Å²) in [5.41, 5.74) is 3.57. The van der Waals surface area contributed by atoms with Gasteiger partial charge in [-0.2, -0.15) is 0 Å². The highest BCUT2D eigenvalue weighted by Gasteiger charge is 2.32. The smallest absolute Gasteiger partial charge is 0.289 e. The van der Waals surface area contributed by atoms with E-state index in [1.165, 1.54) is 5.56 Å². The maximum Gasteiger partial charge on any atom is 0.289 e. The van der Waals surface area contributed by atoms with Gasteiger partial charge in [-0.3, -0.25) is 9.59 Å². The van der Waals surface area contributed by atoms with E-state index in [1.54, 1.807) is 4.90 Å². The van der Waals surface area contributed by atoms with Gasteiger partial charge >= 0.3 is 0 Å². The zero-order valence-corrected chi connectivity index (χ0v) is 16.8. The van der Waals surface area contributed by atoms with E-state index in [0.29, 0.717) is 31.2 Å². The number of para-hydroxylation sites is 1. The van der Waals surface area contributed by atoms with Crippen LogP contribution in [-0.4, -0.2) is 45.9 Å². The summed E-state index contributed by atoms with van der Waals surface area (Å²) in [7, 11) is 0. The Morgan fingerprint density at radius 3 is 2.61 bits per heavy atom. The number of rotatable bonds is 4. The number of aromatic nitrogens is 2. The molecule has 2 amide bonds. The Bertz CT molecular complexity index is 898. The first-order valence-corrected chi connectivity index (χ1v) is 10.4. The van der Waals surface area contributed by atoms with Crippen LogP contribution in [0.2, 0.25) is 0 Å². The molecule has 6 heteroatoms. The van der Waals surface area contributed by atoms with Gasteiger partial charge in [-0.1, -0.05) is 18.2 Å². The van der Waals surface area contributed by atoms with Crippen molar-refractivity contribution in [1.82, 2.24) is 14.5 Å². The molecule has 0 unspecified atom stereocenters. The summed E-state index contributed by atoms with van der Waals surface area (Å²) in [4.78, 5) is 34.8.